The third kappa shape index (κ3) is 7.62. The minimum atomic E-state index is -1.76. The van der Waals surface area contributed by atoms with Gasteiger partial charge in [0.2, 0.25) is 0 Å². The lowest BCUT2D eigenvalue weighted by molar-refractivity contribution is -0.376. The molecule has 0 aromatic heterocycles. The predicted molar refractivity (Wildman–Crippen MR) is 216 cm³/mol. The summed E-state index contributed by atoms with van der Waals surface area (Å²) in [6.07, 6.45) is -13.3. The Labute approximate surface area is 368 Å². The van der Waals surface area contributed by atoms with E-state index in [0.29, 0.717) is 43.6 Å². The van der Waals surface area contributed by atoms with Crippen LogP contribution in [0.5, 0.6) is 0 Å². The van der Waals surface area contributed by atoms with E-state index in [-0.39, 0.29) is 47.4 Å². The van der Waals surface area contributed by atoms with Gasteiger partial charge in [-0.2, -0.15) is 0 Å². The lowest BCUT2D eigenvalue weighted by atomic mass is 9.47. The zero-order chi connectivity index (χ0) is 45.1. The van der Waals surface area contributed by atoms with Crippen LogP contribution >= 0.6 is 0 Å². The Morgan fingerprint density at radius 1 is 0.683 bits per heavy atom. The van der Waals surface area contributed by atoms with E-state index in [0.717, 1.165) is 32.1 Å². The number of ether oxygens (including phenoxy) is 8. The molecule has 1 spiro atoms. The third-order valence-corrected chi connectivity index (χ3v) is 17.8. The van der Waals surface area contributed by atoms with Gasteiger partial charge in [0, 0.05) is 18.4 Å². The van der Waals surface area contributed by atoms with Crippen molar-refractivity contribution < 1.29 is 89.0 Å². The van der Waals surface area contributed by atoms with E-state index in [1.54, 1.807) is 0 Å². The molecule has 27 atom stereocenters. The van der Waals surface area contributed by atoms with E-state index < -0.39 is 111 Å². The fourth-order valence-electron chi connectivity index (χ4n) is 14.2. The standard InChI is InChI=1S/C45H72O18/c1-18-30-27(63-45(18)29(48)12-21(15-46)17-56-45)14-26-24-7-6-22-13-23(8-10-43(22,4)25(24)9-11-44(26,30)5)59-42-37(55)34(52)39(28(16-47)60-42)62-41-36(54)33(51)38(20(3)58-41)61-40-35(53)32(50)31(49)19(2)57-40/h6,18-21,23-42,46-55H,7-17H2,1-5H3/t18-,19-,20-,21+,23-,24+,25-,26-,27-,28+,29-,30-,31-,32+,33-,34+,35+,36+,37+,38-,39+,40-,41-,42+,43-,44-,45-/m0/s1. The Kier molecular flexibility index (Phi) is 13.1. The Morgan fingerprint density at radius 3 is 2.02 bits per heavy atom. The van der Waals surface area contributed by atoms with Gasteiger partial charge in [-0.3, -0.25) is 0 Å². The molecule has 0 bridgehead atoms. The summed E-state index contributed by atoms with van der Waals surface area (Å²) in [6, 6.07) is 0. The lowest BCUT2D eigenvalue weighted by Gasteiger charge is -2.59. The highest BCUT2D eigenvalue weighted by atomic mass is 16.8. The van der Waals surface area contributed by atoms with Gasteiger partial charge in [-0.15, -0.1) is 0 Å². The molecule has 0 aromatic carbocycles. The summed E-state index contributed by atoms with van der Waals surface area (Å²) in [5.41, 5.74) is 1.35. The summed E-state index contributed by atoms with van der Waals surface area (Å²) in [4.78, 5) is 0. The van der Waals surface area contributed by atoms with Gasteiger partial charge in [0.25, 0.3) is 0 Å². The Balaban J connectivity index is 0.810. The van der Waals surface area contributed by atoms with Crippen LogP contribution in [0.2, 0.25) is 0 Å². The normalized spacial score (nSPS) is 58.1. The van der Waals surface area contributed by atoms with Crippen molar-refractivity contribution in [2.45, 2.75) is 202 Å². The van der Waals surface area contributed by atoms with Gasteiger partial charge >= 0.3 is 0 Å². The van der Waals surface area contributed by atoms with Crippen LogP contribution in [-0.4, -0.2) is 187 Å². The smallest absolute Gasteiger partial charge is 0.197 e. The molecule has 18 nitrogen and oxygen atoms in total. The number of fused-ring (bicyclic) bond motifs is 7. The van der Waals surface area contributed by atoms with Gasteiger partial charge in [0.15, 0.2) is 24.7 Å². The quantitative estimate of drug-likeness (QED) is 0.133. The zero-order valence-corrected chi connectivity index (χ0v) is 37.0. The average Bonchev–Trinajstić information content (AvgIpc) is 3.72. The SMILES string of the molecule is C[C@@H]1O[C@@H](O[C@@H]2[C@@H](O)[C@@H](O)[C@H](O[C@H]3[C@H](O)[C@@H](O)[C@H](O[C@H]4CC[C@@]5(C)C(=CC[C@H]6[C@@H]7C[C@@H]8O[C@@]9(OC[C@@H](CO)C[C@@H]9O)[C@@H](C)[C@@H]8[C@@]7(C)CC[C@@H]65)C4)O[C@@H]3CO)O[C@H]2C)[C@H](O)[C@H](O)[C@H]1O. The largest absolute Gasteiger partial charge is 0.396 e. The van der Waals surface area contributed by atoms with Crippen molar-refractivity contribution in [3.8, 4) is 0 Å². The van der Waals surface area contributed by atoms with Crippen LogP contribution in [0, 0.1) is 46.3 Å². The molecule has 5 heterocycles. The summed E-state index contributed by atoms with van der Waals surface area (Å²) < 4.78 is 48.6. The second-order valence-electron chi connectivity index (χ2n) is 21.1. The Morgan fingerprint density at radius 2 is 1.33 bits per heavy atom. The average molecular weight is 901 g/mol. The molecule has 10 N–H and O–H groups in total. The van der Waals surface area contributed by atoms with Crippen molar-refractivity contribution >= 4 is 0 Å². The van der Waals surface area contributed by atoms with Crippen molar-refractivity contribution in [1.29, 1.82) is 0 Å². The number of aliphatic hydroxyl groups excluding tert-OH is 10. The van der Waals surface area contributed by atoms with Crippen molar-refractivity contribution in [3.63, 3.8) is 0 Å². The molecule has 0 amide bonds. The molecule has 0 unspecified atom stereocenters. The van der Waals surface area contributed by atoms with E-state index in [9.17, 15) is 51.1 Å². The van der Waals surface area contributed by atoms with Gasteiger partial charge in [-0.05, 0) is 99.7 Å². The van der Waals surface area contributed by atoms with Crippen LogP contribution < -0.4 is 0 Å². The predicted octanol–water partition coefficient (Wildman–Crippen LogP) is -0.815. The van der Waals surface area contributed by atoms with E-state index in [2.05, 4.69) is 26.8 Å². The van der Waals surface area contributed by atoms with Crippen LogP contribution in [0.1, 0.15) is 86.0 Å². The first-order chi connectivity index (χ1) is 29.9. The topological polar surface area (TPSA) is 276 Å². The second-order valence-corrected chi connectivity index (χ2v) is 21.1. The number of aliphatic hydroxyl groups is 10. The van der Waals surface area contributed by atoms with Gasteiger partial charge in [0.1, 0.15) is 67.1 Å². The molecule has 9 aliphatic rings. The summed E-state index contributed by atoms with van der Waals surface area (Å²) in [5, 5.41) is 107. The number of rotatable bonds is 8. The van der Waals surface area contributed by atoms with Crippen molar-refractivity contribution in [1.82, 2.24) is 0 Å². The van der Waals surface area contributed by atoms with Gasteiger partial charge in [0.05, 0.1) is 37.6 Å². The van der Waals surface area contributed by atoms with E-state index >= 15 is 0 Å². The van der Waals surface area contributed by atoms with Crippen molar-refractivity contribution in [2.24, 2.45) is 46.3 Å². The van der Waals surface area contributed by atoms with Crippen LogP contribution in [0.25, 0.3) is 0 Å². The Bertz CT molecular complexity index is 1650. The minimum absolute atomic E-state index is 0.0125. The molecule has 5 saturated heterocycles. The number of hydrogen-bond donors (Lipinski definition) is 10. The number of hydrogen-bond acceptors (Lipinski definition) is 18. The molecule has 0 radical (unpaired) electrons. The molecule has 3 saturated carbocycles. The maximum Gasteiger partial charge on any atom is 0.197 e. The highest BCUT2D eigenvalue weighted by Gasteiger charge is 2.70. The third-order valence-electron chi connectivity index (χ3n) is 17.8. The van der Waals surface area contributed by atoms with E-state index in [1.165, 1.54) is 19.4 Å². The van der Waals surface area contributed by atoms with Gasteiger partial charge in [-0.1, -0.05) is 32.4 Å². The van der Waals surface area contributed by atoms with Crippen molar-refractivity contribution in [2.75, 3.05) is 19.8 Å². The number of allylic oxidation sites excluding steroid dienone is 1. The molecule has 4 aliphatic carbocycles. The van der Waals surface area contributed by atoms with Gasteiger partial charge < -0.3 is 89.0 Å². The summed E-state index contributed by atoms with van der Waals surface area (Å²) >= 11 is 0. The fourth-order valence-corrected chi connectivity index (χ4v) is 14.2. The van der Waals surface area contributed by atoms with E-state index in [1.807, 2.05) is 0 Å². The molecule has 0 aromatic rings. The summed E-state index contributed by atoms with van der Waals surface area (Å²) in [6.45, 7) is 9.75. The fraction of sp³-hybridized carbons (Fsp3) is 0.956. The first-order valence-electron chi connectivity index (χ1n) is 23.5. The molecule has 8 fully saturated rings. The molecule has 360 valence electrons. The molecular formula is C45H72O18. The highest BCUT2D eigenvalue weighted by molar-refractivity contribution is 5.26. The summed E-state index contributed by atoms with van der Waals surface area (Å²) in [5.74, 6) is 0.642. The monoisotopic (exact) mass is 900 g/mol. The van der Waals surface area contributed by atoms with Crippen LogP contribution in [0.3, 0.4) is 0 Å². The molecule has 5 aliphatic heterocycles. The maximum atomic E-state index is 11.4. The van der Waals surface area contributed by atoms with Gasteiger partial charge in [-0.25, -0.2) is 0 Å². The molecule has 18 heteroatoms. The van der Waals surface area contributed by atoms with Crippen LogP contribution in [-0.2, 0) is 37.9 Å². The van der Waals surface area contributed by atoms with E-state index in [4.69, 9.17) is 37.9 Å². The first kappa shape index (κ1) is 47.1. The van der Waals surface area contributed by atoms with Crippen molar-refractivity contribution in [3.05, 3.63) is 11.6 Å². The zero-order valence-electron chi connectivity index (χ0n) is 37.0. The lowest BCUT2D eigenvalue weighted by Crippen LogP contribution is -2.65. The van der Waals surface area contributed by atoms with Crippen LogP contribution in [0.4, 0.5) is 0 Å². The second kappa shape index (κ2) is 17.5. The minimum Gasteiger partial charge on any atom is -0.396 e. The Hall–Kier alpha value is -0.980. The molecule has 9 rings (SSSR count). The first-order valence-corrected chi connectivity index (χ1v) is 23.5. The molecule has 63 heavy (non-hydrogen) atoms. The maximum absolute atomic E-state index is 11.4. The molecular weight excluding hydrogens is 828 g/mol. The summed E-state index contributed by atoms with van der Waals surface area (Å²) in [7, 11) is 0. The van der Waals surface area contributed by atoms with Crippen LogP contribution in [0.15, 0.2) is 11.6 Å². The highest BCUT2D eigenvalue weighted by Crippen LogP contribution is 2.70.